The molecule has 2 fully saturated rings. The number of ether oxygens (including phenoxy) is 1. The maximum Gasteiger partial charge on any atom is 0.229 e. The van der Waals surface area contributed by atoms with Crippen molar-refractivity contribution in [3.8, 4) is 11.5 Å². The first-order valence-electron chi connectivity index (χ1n) is 14.4. The van der Waals surface area contributed by atoms with Gasteiger partial charge >= 0.3 is 0 Å². The van der Waals surface area contributed by atoms with E-state index in [-0.39, 0.29) is 17.4 Å². The Morgan fingerprint density at radius 1 is 1.11 bits per heavy atom. The minimum absolute atomic E-state index is 0.0348. The Kier molecular flexibility index (Phi) is 8.30. The van der Waals surface area contributed by atoms with E-state index >= 15 is 0 Å². The largest absolute Gasteiger partial charge is 0.508 e. The summed E-state index contributed by atoms with van der Waals surface area (Å²) >= 11 is 1.58. The Hall–Kier alpha value is -2.18. The van der Waals surface area contributed by atoms with Crippen LogP contribution in [0.25, 0.3) is 0 Å². The van der Waals surface area contributed by atoms with Gasteiger partial charge in [0.2, 0.25) is 5.91 Å². The molecule has 0 aromatic heterocycles. The number of hydrogen-bond donors (Lipinski definition) is 2. The average Bonchev–Trinajstić information content (AvgIpc) is 3.21. The Morgan fingerprint density at radius 3 is 2.66 bits per heavy atom. The molecule has 2 aromatic rings. The Morgan fingerprint density at radius 2 is 1.89 bits per heavy atom. The molecule has 0 bridgehead atoms. The lowest BCUT2D eigenvalue weighted by Gasteiger charge is -2.54. The van der Waals surface area contributed by atoms with Gasteiger partial charge in [-0.3, -0.25) is 9.10 Å². The van der Waals surface area contributed by atoms with Crippen LogP contribution in [0, 0.1) is 17.3 Å². The number of aliphatic hydroxyl groups excluding tert-OH is 1. The number of aryl methyl sites for hydroxylation is 1. The van der Waals surface area contributed by atoms with Crippen LogP contribution >= 0.6 is 11.9 Å². The first kappa shape index (κ1) is 27.4. The number of unbranched alkanes of at least 4 members (excludes halogenated alkanes) is 2. The Bertz CT molecular complexity index is 1120. The van der Waals surface area contributed by atoms with Crippen molar-refractivity contribution in [2.45, 2.75) is 83.2 Å². The third kappa shape index (κ3) is 5.44. The molecule has 0 aliphatic heterocycles. The van der Waals surface area contributed by atoms with Crippen molar-refractivity contribution in [2.75, 3.05) is 19.4 Å². The van der Waals surface area contributed by atoms with Gasteiger partial charge in [-0.1, -0.05) is 25.1 Å². The van der Waals surface area contributed by atoms with Crippen LogP contribution in [0.1, 0.15) is 87.3 Å². The third-order valence-corrected chi connectivity index (χ3v) is 10.9. The highest BCUT2D eigenvalue weighted by atomic mass is 32.2. The van der Waals surface area contributed by atoms with Gasteiger partial charge in [0.05, 0.1) is 12.7 Å². The molecule has 3 aliphatic carbocycles. The summed E-state index contributed by atoms with van der Waals surface area (Å²) in [5.41, 5.74) is 4.00. The molecule has 5 rings (SSSR count). The summed E-state index contributed by atoms with van der Waals surface area (Å²) in [5, 5.41) is 21.2. The number of hydrogen-bond acceptors (Lipinski definition) is 5. The summed E-state index contributed by atoms with van der Waals surface area (Å²) in [6.45, 7) is 4.62. The van der Waals surface area contributed by atoms with Crippen molar-refractivity contribution < 1.29 is 19.7 Å². The zero-order valence-corrected chi connectivity index (χ0v) is 23.9. The molecule has 0 radical (unpaired) electrons. The van der Waals surface area contributed by atoms with Gasteiger partial charge in [0.25, 0.3) is 0 Å². The van der Waals surface area contributed by atoms with E-state index in [0.29, 0.717) is 36.0 Å². The SMILES string of the molecule is CC(=O)N(C)SCCCCCOc1ccc([C@H]2C[C@]3(C)[C@@H](O)CC[C@H]3[C@@H]3CCc4cc(O)ccc4[C@H]32)cc1. The molecule has 2 saturated carbocycles. The quantitative estimate of drug-likeness (QED) is 0.276. The van der Waals surface area contributed by atoms with Gasteiger partial charge in [0.1, 0.15) is 11.5 Å². The van der Waals surface area contributed by atoms with Crippen molar-refractivity contribution in [3.05, 3.63) is 59.2 Å². The van der Waals surface area contributed by atoms with Gasteiger partial charge in [-0.25, -0.2) is 0 Å². The lowest BCUT2D eigenvalue weighted by Crippen LogP contribution is -2.47. The maximum absolute atomic E-state index is 11.3. The summed E-state index contributed by atoms with van der Waals surface area (Å²) in [4.78, 5) is 11.3. The number of carbonyl (C=O) groups excluding carboxylic acids is 1. The number of phenolic OH excluding ortho intramolecular Hbond substituents is 1. The standard InChI is InChI=1S/C32H43NO4S/c1-21(34)33(3)38-18-6-4-5-17-37-25-11-7-22(8-12-25)28-20-32(2)29(15-16-30(32)36)27-13-9-23-19-24(35)10-14-26(23)31(27)28/h7-8,10-12,14,19,27-31,35-36H,4-6,9,13,15-18,20H2,1-3H3/t27-,28+,29-,30-,31+,32-/m0/s1. The lowest BCUT2D eigenvalue weighted by molar-refractivity contribution is -0.123. The van der Waals surface area contributed by atoms with Gasteiger partial charge in [0, 0.05) is 19.7 Å². The van der Waals surface area contributed by atoms with Crippen LogP contribution in [0.15, 0.2) is 42.5 Å². The number of aliphatic hydroxyl groups is 1. The fourth-order valence-electron chi connectivity index (χ4n) is 7.67. The monoisotopic (exact) mass is 537 g/mol. The zero-order chi connectivity index (χ0) is 26.9. The molecule has 3 aliphatic rings. The Labute approximate surface area is 232 Å². The van der Waals surface area contributed by atoms with Crippen LogP contribution in [0.5, 0.6) is 11.5 Å². The number of amides is 1. The zero-order valence-electron chi connectivity index (χ0n) is 23.1. The molecule has 1 amide bonds. The highest BCUT2D eigenvalue weighted by Gasteiger charge is 2.57. The number of rotatable bonds is 9. The van der Waals surface area contributed by atoms with E-state index in [2.05, 4.69) is 37.3 Å². The van der Waals surface area contributed by atoms with E-state index in [4.69, 9.17) is 4.74 Å². The predicted octanol–water partition coefficient (Wildman–Crippen LogP) is 6.68. The summed E-state index contributed by atoms with van der Waals surface area (Å²) in [7, 11) is 1.82. The second-order valence-corrected chi connectivity index (χ2v) is 13.2. The van der Waals surface area contributed by atoms with E-state index in [0.717, 1.165) is 62.9 Å². The molecule has 206 valence electrons. The minimum atomic E-state index is -0.221. The van der Waals surface area contributed by atoms with Crippen LogP contribution in [0.3, 0.4) is 0 Å². The number of nitrogens with zero attached hydrogens (tertiary/aromatic N) is 1. The Balaban J connectivity index is 1.25. The molecule has 6 atom stereocenters. The van der Waals surface area contributed by atoms with Crippen molar-refractivity contribution in [1.29, 1.82) is 0 Å². The predicted molar refractivity (Wildman–Crippen MR) is 154 cm³/mol. The van der Waals surface area contributed by atoms with Crippen LogP contribution in [0.4, 0.5) is 0 Å². The molecular formula is C32H43NO4S. The van der Waals surface area contributed by atoms with Gasteiger partial charge in [0.15, 0.2) is 0 Å². The van der Waals surface area contributed by atoms with E-state index in [1.165, 1.54) is 16.7 Å². The normalized spacial score (nSPS) is 29.7. The van der Waals surface area contributed by atoms with Gasteiger partial charge in [-0.15, -0.1) is 0 Å². The smallest absolute Gasteiger partial charge is 0.229 e. The lowest BCUT2D eigenvalue weighted by atomic mass is 9.51. The van der Waals surface area contributed by atoms with Crippen molar-refractivity contribution in [3.63, 3.8) is 0 Å². The first-order chi connectivity index (χ1) is 18.3. The number of phenols is 1. The molecule has 0 saturated heterocycles. The minimum Gasteiger partial charge on any atom is -0.508 e. The van der Waals surface area contributed by atoms with Crippen LogP contribution in [-0.2, 0) is 11.2 Å². The van der Waals surface area contributed by atoms with Gasteiger partial charge < -0.3 is 14.9 Å². The summed E-state index contributed by atoms with van der Waals surface area (Å²) < 4.78 is 7.75. The highest BCUT2D eigenvalue weighted by Crippen LogP contribution is 2.65. The molecular weight excluding hydrogens is 494 g/mol. The molecule has 0 unspecified atom stereocenters. The number of carbonyl (C=O) groups is 1. The number of fused-ring (bicyclic) bond motifs is 5. The first-order valence-corrected chi connectivity index (χ1v) is 15.3. The summed E-state index contributed by atoms with van der Waals surface area (Å²) in [6, 6.07) is 14.7. The fourth-order valence-corrected chi connectivity index (χ4v) is 8.46. The summed E-state index contributed by atoms with van der Waals surface area (Å²) in [6.07, 6.45) is 8.11. The van der Waals surface area contributed by atoms with Crippen LogP contribution in [0.2, 0.25) is 0 Å². The molecule has 2 aromatic carbocycles. The molecule has 38 heavy (non-hydrogen) atoms. The van der Waals surface area contributed by atoms with E-state index < -0.39 is 0 Å². The van der Waals surface area contributed by atoms with Gasteiger partial charge in [-0.05, 0) is 133 Å². The average molecular weight is 538 g/mol. The molecule has 0 heterocycles. The third-order valence-electron chi connectivity index (χ3n) is 9.76. The maximum atomic E-state index is 11.3. The number of aromatic hydroxyl groups is 1. The van der Waals surface area contributed by atoms with Crippen molar-refractivity contribution in [2.24, 2.45) is 17.3 Å². The second kappa shape index (κ2) is 11.5. The molecule has 6 heteroatoms. The van der Waals surface area contributed by atoms with Gasteiger partial charge in [-0.2, -0.15) is 0 Å². The second-order valence-electron chi connectivity index (χ2n) is 12.0. The summed E-state index contributed by atoms with van der Waals surface area (Å²) in [5.74, 6) is 4.20. The van der Waals surface area contributed by atoms with E-state index in [1.54, 1.807) is 23.2 Å². The highest BCUT2D eigenvalue weighted by molar-refractivity contribution is 7.97. The van der Waals surface area contributed by atoms with Crippen LogP contribution < -0.4 is 4.74 Å². The molecule has 5 nitrogen and oxygen atoms in total. The van der Waals surface area contributed by atoms with Crippen molar-refractivity contribution >= 4 is 17.9 Å². The molecule has 2 N–H and O–H groups in total. The van der Waals surface area contributed by atoms with Crippen molar-refractivity contribution in [1.82, 2.24) is 4.31 Å². The topological polar surface area (TPSA) is 70.0 Å². The van der Waals surface area contributed by atoms with E-state index in [9.17, 15) is 15.0 Å². The number of benzene rings is 2. The van der Waals surface area contributed by atoms with E-state index in [1.807, 2.05) is 19.2 Å². The molecule has 0 spiro atoms. The van der Waals surface area contributed by atoms with Crippen LogP contribution in [-0.4, -0.2) is 45.9 Å². The fraction of sp³-hybridized carbons (Fsp3) is 0.594.